The van der Waals surface area contributed by atoms with Crippen molar-refractivity contribution in [3.05, 3.63) is 65.7 Å². The highest BCUT2D eigenvalue weighted by Gasteiger charge is 2.06. The fraction of sp³-hybridized carbons (Fsp3) is 0. The molecule has 0 aliphatic rings. The molecule has 19 heavy (non-hydrogen) atoms. The maximum Gasteiger partial charge on any atom is 0.136 e. The third-order valence-electron chi connectivity index (χ3n) is 2.77. The van der Waals surface area contributed by atoms with E-state index in [9.17, 15) is 4.39 Å². The first-order chi connectivity index (χ1) is 9.24. The first-order valence-corrected chi connectivity index (χ1v) is 6.07. The topological polar surface area (TPSA) is 22.1 Å². The Kier molecular flexibility index (Phi) is 3.05. The Bertz CT molecular complexity index is 728. The largest absolute Gasteiger partial charge is 0.457 e. The summed E-state index contributed by atoms with van der Waals surface area (Å²) >= 11 is 6.12. The normalized spacial score (nSPS) is 10.6. The van der Waals surface area contributed by atoms with Crippen LogP contribution in [0.3, 0.4) is 0 Å². The van der Waals surface area contributed by atoms with Gasteiger partial charge in [-0.1, -0.05) is 11.6 Å². The van der Waals surface area contributed by atoms with Crippen LogP contribution in [0.15, 0.2) is 54.9 Å². The highest BCUT2D eigenvalue weighted by molar-refractivity contribution is 6.35. The van der Waals surface area contributed by atoms with E-state index in [1.54, 1.807) is 36.7 Å². The lowest BCUT2D eigenvalue weighted by molar-refractivity contribution is 0.486. The van der Waals surface area contributed by atoms with E-state index in [2.05, 4.69) is 4.98 Å². The molecule has 0 aliphatic heterocycles. The third kappa shape index (κ3) is 2.37. The van der Waals surface area contributed by atoms with Crippen LogP contribution in [0.4, 0.5) is 4.39 Å². The maximum atomic E-state index is 12.8. The lowest BCUT2D eigenvalue weighted by Gasteiger charge is -2.09. The number of halogens is 2. The highest BCUT2D eigenvalue weighted by Crippen LogP contribution is 2.33. The predicted octanol–water partition coefficient (Wildman–Crippen LogP) is 4.82. The minimum atomic E-state index is -0.296. The van der Waals surface area contributed by atoms with Crippen LogP contribution in [0.5, 0.6) is 11.5 Å². The van der Waals surface area contributed by atoms with Crippen LogP contribution in [-0.4, -0.2) is 4.98 Å². The molecule has 0 atom stereocenters. The Hall–Kier alpha value is -2.13. The highest BCUT2D eigenvalue weighted by atomic mass is 35.5. The standard InChI is InChI=1S/C15H9ClFNO/c16-14-5-6-15(13-9-18-8-7-12(13)14)19-11-3-1-10(17)2-4-11/h1-9H. The summed E-state index contributed by atoms with van der Waals surface area (Å²) < 4.78 is 18.6. The van der Waals surface area contributed by atoms with Gasteiger partial charge in [0.05, 0.1) is 0 Å². The van der Waals surface area contributed by atoms with E-state index in [1.807, 2.05) is 6.07 Å². The van der Waals surface area contributed by atoms with Crippen molar-refractivity contribution in [2.75, 3.05) is 0 Å². The van der Waals surface area contributed by atoms with Gasteiger partial charge in [0.1, 0.15) is 17.3 Å². The molecular weight excluding hydrogens is 265 g/mol. The molecule has 0 spiro atoms. The van der Waals surface area contributed by atoms with Gasteiger partial charge in [-0.2, -0.15) is 0 Å². The van der Waals surface area contributed by atoms with Crippen LogP contribution in [-0.2, 0) is 0 Å². The molecule has 0 fully saturated rings. The minimum Gasteiger partial charge on any atom is -0.457 e. The van der Waals surface area contributed by atoms with Crippen molar-refractivity contribution in [3.63, 3.8) is 0 Å². The van der Waals surface area contributed by atoms with Crippen molar-refractivity contribution in [2.45, 2.75) is 0 Å². The Morgan fingerprint density at radius 1 is 0.947 bits per heavy atom. The number of aromatic nitrogens is 1. The second-order valence-corrected chi connectivity index (χ2v) is 4.43. The van der Waals surface area contributed by atoms with Gasteiger partial charge in [-0.05, 0) is 42.5 Å². The van der Waals surface area contributed by atoms with Gasteiger partial charge in [0.25, 0.3) is 0 Å². The molecule has 0 amide bonds. The van der Waals surface area contributed by atoms with Crippen molar-refractivity contribution >= 4 is 22.4 Å². The second-order valence-electron chi connectivity index (χ2n) is 4.02. The Labute approximate surface area is 114 Å². The van der Waals surface area contributed by atoms with Gasteiger partial charge in [-0.3, -0.25) is 4.98 Å². The molecule has 0 aliphatic carbocycles. The van der Waals surface area contributed by atoms with E-state index < -0.39 is 0 Å². The number of pyridine rings is 1. The van der Waals surface area contributed by atoms with Crippen LogP contribution in [0.1, 0.15) is 0 Å². The van der Waals surface area contributed by atoms with Crippen LogP contribution in [0.2, 0.25) is 5.02 Å². The van der Waals surface area contributed by atoms with Crippen molar-refractivity contribution in [3.8, 4) is 11.5 Å². The predicted molar refractivity (Wildman–Crippen MR) is 73.2 cm³/mol. The number of ether oxygens (including phenoxy) is 1. The summed E-state index contributed by atoms with van der Waals surface area (Å²) in [7, 11) is 0. The average Bonchev–Trinajstić information content (AvgIpc) is 2.45. The smallest absolute Gasteiger partial charge is 0.136 e. The number of hydrogen-bond acceptors (Lipinski definition) is 2. The monoisotopic (exact) mass is 273 g/mol. The van der Waals surface area contributed by atoms with E-state index in [4.69, 9.17) is 16.3 Å². The van der Waals surface area contributed by atoms with Crippen molar-refractivity contribution < 1.29 is 9.13 Å². The molecule has 0 saturated heterocycles. The summed E-state index contributed by atoms with van der Waals surface area (Å²) in [5.41, 5.74) is 0. The van der Waals surface area contributed by atoms with E-state index in [0.29, 0.717) is 16.5 Å². The lowest BCUT2D eigenvalue weighted by Crippen LogP contribution is -1.87. The number of hydrogen-bond donors (Lipinski definition) is 0. The maximum absolute atomic E-state index is 12.8. The Morgan fingerprint density at radius 3 is 2.53 bits per heavy atom. The fourth-order valence-electron chi connectivity index (χ4n) is 1.85. The zero-order chi connectivity index (χ0) is 13.2. The molecule has 0 radical (unpaired) electrons. The van der Waals surface area contributed by atoms with Crippen molar-refractivity contribution in [2.24, 2.45) is 0 Å². The molecule has 4 heteroatoms. The average molecular weight is 274 g/mol. The molecule has 2 nitrogen and oxygen atoms in total. The van der Waals surface area contributed by atoms with E-state index in [0.717, 1.165) is 10.8 Å². The summed E-state index contributed by atoms with van der Waals surface area (Å²) in [6.45, 7) is 0. The molecule has 0 saturated carbocycles. The molecule has 1 heterocycles. The van der Waals surface area contributed by atoms with Gasteiger partial charge < -0.3 is 4.74 Å². The zero-order valence-electron chi connectivity index (χ0n) is 9.81. The van der Waals surface area contributed by atoms with E-state index >= 15 is 0 Å². The quantitative estimate of drug-likeness (QED) is 0.668. The van der Waals surface area contributed by atoms with Gasteiger partial charge in [0.2, 0.25) is 0 Å². The van der Waals surface area contributed by atoms with Gasteiger partial charge in [-0.15, -0.1) is 0 Å². The lowest BCUT2D eigenvalue weighted by atomic mass is 10.1. The summed E-state index contributed by atoms with van der Waals surface area (Å²) in [5.74, 6) is 0.906. The van der Waals surface area contributed by atoms with Crippen LogP contribution >= 0.6 is 11.6 Å². The fourth-order valence-corrected chi connectivity index (χ4v) is 2.07. The summed E-state index contributed by atoms with van der Waals surface area (Å²) in [6.07, 6.45) is 3.37. The number of rotatable bonds is 2. The Balaban J connectivity index is 2.06. The molecule has 94 valence electrons. The zero-order valence-corrected chi connectivity index (χ0v) is 10.6. The third-order valence-corrected chi connectivity index (χ3v) is 3.10. The number of fused-ring (bicyclic) bond motifs is 1. The molecule has 3 rings (SSSR count). The summed E-state index contributed by atoms with van der Waals surface area (Å²) in [6, 6.07) is 11.2. The van der Waals surface area contributed by atoms with Gasteiger partial charge in [0, 0.05) is 28.2 Å². The molecule has 1 aromatic heterocycles. The van der Waals surface area contributed by atoms with Gasteiger partial charge >= 0.3 is 0 Å². The van der Waals surface area contributed by atoms with Crippen molar-refractivity contribution in [1.82, 2.24) is 4.98 Å². The van der Waals surface area contributed by atoms with E-state index in [1.165, 1.54) is 12.1 Å². The van der Waals surface area contributed by atoms with Gasteiger partial charge in [0.15, 0.2) is 0 Å². The van der Waals surface area contributed by atoms with Crippen LogP contribution in [0.25, 0.3) is 10.8 Å². The second kappa shape index (κ2) is 4.86. The first kappa shape index (κ1) is 11.9. The molecular formula is C15H9ClFNO. The molecule has 2 aromatic carbocycles. The summed E-state index contributed by atoms with van der Waals surface area (Å²) in [4.78, 5) is 4.07. The van der Waals surface area contributed by atoms with E-state index in [-0.39, 0.29) is 5.82 Å². The molecule has 0 N–H and O–H groups in total. The van der Waals surface area contributed by atoms with Crippen molar-refractivity contribution in [1.29, 1.82) is 0 Å². The number of nitrogens with zero attached hydrogens (tertiary/aromatic N) is 1. The van der Waals surface area contributed by atoms with Crippen LogP contribution < -0.4 is 4.74 Å². The molecule has 0 bridgehead atoms. The summed E-state index contributed by atoms with van der Waals surface area (Å²) in [5, 5.41) is 2.33. The van der Waals surface area contributed by atoms with Crippen LogP contribution in [0, 0.1) is 5.82 Å². The minimum absolute atomic E-state index is 0.296. The Morgan fingerprint density at radius 2 is 1.74 bits per heavy atom. The number of benzene rings is 2. The van der Waals surface area contributed by atoms with Gasteiger partial charge in [-0.25, -0.2) is 4.39 Å². The first-order valence-electron chi connectivity index (χ1n) is 5.70. The molecule has 0 unspecified atom stereocenters. The molecule has 3 aromatic rings. The SMILES string of the molecule is Fc1ccc(Oc2ccc(Cl)c3ccncc23)cc1.